The second-order valence-electron chi connectivity index (χ2n) is 3.68. The fourth-order valence-corrected chi connectivity index (χ4v) is 1.37. The van der Waals surface area contributed by atoms with Gasteiger partial charge >= 0.3 is 0 Å². The molecule has 16 heavy (non-hydrogen) atoms. The van der Waals surface area contributed by atoms with Crippen molar-refractivity contribution in [2.45, 2.75) is 25.9 Å². The van der Waals surface area contributed by atoms with E-state index < -0.39 is 0 Å². The summed E-state index contributed by atoms with van der Waals surface area (Å²) in [7, 11) is 0. The Kier molecular flexibility index (Phi) is 6.87. The zero-order chi connectivity index (χ0) is 11.6. The summed E-state index contributed by atoms with van der Waals surface area (Å²) in [6.45, 7) is 5.52. The zero-order valence-electron chi connectivity index (χ0n) is 9.87. The first-order valence-electron chi connectivity index (χ1n) is 5.81. The van der Waals surface area contributed by atoms with Crippen molar-refractivity contribution < 1.29 is 9.47 Å². The summed E-state index contributed by atoms with van der Waals surface area (Å²) >= 11 is 0. The first-order valence-corrected chi connectivity index (χ1v) is 5.81. The summed E-state index contributed by atoms with van der Waals surface area (Å²) < 4.78 is 10.8. The molecule has 0 spiro atoms. The molecule has 0 bridgehead atoms. The normalized spacial score (nSPS) is 21.9. The molecule has 0 aliphatic carbocycles. The van der Waals surface area contributed by atoms with Gasteiger partial charge in [-0.15, -0.1) is 0 Å². The smallest absolute Gasteiger partial charge is 0.205 e. The molecule has 1 heterocycles. The molecule has 0 amide bonds. The largest absolute Gasteiger partial charge is 0.376 e. The average Bonchev–Trinajstić information content (AvgIpc) is 2.35. The average molecular weight is 230 g/mol. The number of hydrazine groups is 1. The quantitative estimate of drug-likeness (QED) is 0.197. The molecule has 1 atom stereocenters. The lowest BCUT2D eigenvalue weighted by molar-refractivity contribution is -0.0832. The Morgan fingerprint density at radius 3 is 3.00 bits per heavy atom. The lowest BCUT2D eigenvalue weighted by Crippen LogP contribution is -2.43. The molecule has 1 saturated heterocycles. The number of nitrogens with two attached hydrogens (primary N) is 1. The number of nitrogens with one attached hydrogen (secondary N) is 2. The fourth-order valence-electron chi connectivity index (χ4n) is 1.37. The minimum absolute atomic E-state index is 0.0464. The van der Waals surface area contributed by atoms with Gasteiger partial charge in [0.15, 0.2) is 0 Å². The van der Waals surface area contributed by atoms with Crippen LogP contribution < -0.4 is 16.6 Å². The van der Waals surface area contributed by atoms with E-state index in [1.165, 1.54) is 0 Å². The first kappa shape index (κ1) is 13.2. The number of guanidine groups is 1. The van der Waals surface area contributed by atoms with Crippen molar-refractivity contribution >= 4 is 5.96 Å². The Hall–Kier alpha value is -0.850. The van der Waals surface area contributed by atoms with Crippen LogP contribution in [-0.4, -0.2) is 45.0 Å². The minimum Gasteiger partial charge on any atom is -0.376 e. The molecule has 0 saturated carbocycles. The molecule has 0 aromatic heterocycles. The molecule has 1 fully saturated rings. The van der Waals surface area contributed by atoms with Crippen molar-refractivity contribution in [2.75, 3.05) is 32.9 Å². The summed E-state index contributed by atoms with van der Waals surface area (Å²) in [6, 6.07) is 0. The highest BCUT2D eigenvalue weighted by atomic mass is 16.6. The van der Waals surface area contributed by atoms with E-state index in [2.05, 4.69) is 22.7 Å². The maximum absolute atomic E-state index is 5.47. The van der Waals surface area contributed by atoms with E-state index in [-0.39, 0.29) is 6.10 Å². The van der Waals surface area contributed by atoms with Crippen LogP contribution in [0.15, 0.2) is 4.99 Å². The van der Waals surface area contributed by atoms with Gasteiger partial charge in [0.05, 0.1) is 26.4 Å². The Bertz CT molecular complexity index is 205. The number of hydrogen-bond acceptors (Lipinski definition) is 4. The second kappa shape index (κ2) is 8.32. The zero-order valence-corrected chi connectivity index (χ0v) is 9.87. The van der Waals surface area contributed by atoms with Crippen LogP contribution in [0.3, 0.4) is 0 Å². The van der Waals surface area contributed by atoms with Crippen LogP contribution in [0, 0.1) is 0 Å². The summed E-state index contributed by atoms with van der Waals surface area (Å²) in [6.07, 6.45) is 2.29. The van der Waals surface area contributed by atoms with E-state index in [0.29, 0.717) is 32.3 Å². The topological polar surface area (TPSA) is 80.9 Å². The number of rotatable bonds is 5. The molecular weight excluding hydrogens is 208 g/mol. The maximum Gasteiger partial charge on any atom is 0.205 e. The highest BCUT2D eigenvalue weighted by Crippen LogP contribution is 2.00. The van der Waals surface area contributed by atoms with Crippen LogP contribution >= 0.6 is 0 Å². The molecule has 6 heteroatoms. The highest BCUT2D eigenvalue weighted by Gasteiger charge is 2.13. The predicted octanol–water partition coefficient (Wildman–Crippen LogP) is -0.389. The summed E-state index contributed by atoms with van der Waals surface area (Å²) in [4.78, 5) is 4.30. The molecule has 1 aliphatic heterocycles. The molecule has 6 nitrogen and oxygen atoms in total. The molecule has 0 radical (unpaired) electrons. The summed E-state index contributed by atoms with van der Waals surface area (Å²) in [5.41, 5.74) is 2.54. The lowest BCUT2D eigenvalue weighted by atomic mass is 10.3. The van der Waals surface area contributed by atoms with Gasteiger partial charge in [-0.1, -0.05) is 13.3 Å². The maximum atomic E-state index is 5.47. The molecule has 0 aromatic rings. The fraction of sp³-hybridized carbons (Fsp3) is 0.900. The first-order chi connectivity index (χ1) is 7.86. The van der Waals surface area contributed by atoms with Crippen LogP contribution in [0.1, 0.15) is 19.8 Å². The van der Waals surface area contributed by atoms with Crippen molar-refractivity contribution in [3.63, 3.8) is 0 Å². The standard InChI is InChI=1S/C10H22N4O2/c1-2-3-4-12-10(14-11)13-7-9-8-15-5-6-16-9/h9H,2-8,11H2,1H3,(H2,12,13,14). The molecule has 1 unspecified atom stereocenters. The molecule has 1 aliphatic rings. The third-order valence-corrected chi connectivity index (χ3v) is 2.30. The van der Waals surface area contributed by atoms with Crippen LogP contribution in [0.4, 0.5) is 0 Å². The van der Waals surface area contributed by atoms with Gasteiger partial charge in [0.1, 0.15) is 6.10 Å². The number of unbranched alkanes of at least 4 members (excludes halogenated alkanes) is 1. The van der Waals surface area contributed by atoms with Gasteiger partial charge in [0.25, 0.3) is 0 Å². The van der Waals surface area contributed by atoms with Crippen molar-refractivity contribution in [1.82, 2.24) is 10.7 Å². The third-order valence-electron chi connectivity index (χ3n) is 2.30. The van der Waals surface area contributed by atoms with Crippen molar-refractivity contribution in [3.8, 4) is 0 Å². The van der Waals surface area contributed by atoms with Gasteiger partial charge in [0, 0.05) is 6.54 Å². The van der Waals surface area contributed by atoms with E-state index in [9.17, 15) is 0 Å². The molecule has 0 aromatic carbocycles. The third kappa shape index (κ3) is 5.29. The van der Waals surface area contributed by atoms with Crippen LogP contribution in [0.2, 0.25) is 0 Å². The number of ether oxygens (including phenoxy) is 2. The second-order valence-corrected chi connectivity index (χ2v) is 3.68. The SMILES string of the molecule is CCCCNC(=NCC1COCCO1)NN. The van der Waals surface area contributed by atoms with Crippen LogP contribution in [0.25, 0.3) is 0 Å². The van der Waals surface area contributed by atoms with E-state index in [1.54, 1.807) is 0 Å². The number of nitrogens with zero attached hydrogens (tertiary/aromatic N) is 1. The van der Waals surface area contributed by atoms with E-state index in [4.69, 9.17) is 15.3 Å². The van der Waals surface area contributed by atoms with Crippen molar-refractivity contribution in [1.29, 1.82) is 0 Å². The lowest BCUT2D eigenvalue weighted by Gasteiger charge is -2.21. The molecule has 4 N–H and O–H groups in total. The molecular formula is C10H22N4O2. The Morgan fingerprint density at radius 2 is 2.38 bits per heavy atom. The van der Waals surface area contributed by atoms with Gasteiger partial charge in [-0.3, -0.25) is 5.43 Å². The van der Waals surface area contributed by atoms with Gasteiger partial charge in [-0.05, 0) is 6.42 Å². The monoisotopic (exact) mass is 230 g/mol. The summed E-state index contributed by atoms with van der Waals surface area (Å²) in [5, 5.41) is 3.13. The Morgan fingerprint density at radius 1 is 1.50 bits per heavy atom. The predicted molar refractivity (Wildman–Crippen MR) is 63.1 cm³/mol. The van der Waals surface area contributed by atoms with Crippen LogP contribution in [-0.2, 0) is 9.47 Å². The summed E-state index contributed by atoms with van der Waals surface area (Å²) in [5.74, 6) is 5.97. The van der Waals surface area contributed by atoms with Crippen LogP contribution in [0.5, 0.6) is 0 Å². The van der Waals surface area contributed by atoms with Crippen molar-refractivity contribution in [3.05, 3.63) is 0 Å². The highest BCUT2D eigenvalue weighted by molar-refractivity contribution is 5.79. The van der Waals surface area contributed by atoms with E-state index in [1.807, 2.05) is 0 Å². The Balaban J connectivity index is 2.22. The van der Waals surface area contributed by atoms with Gasteiger partial charge in [-0.25, -0.2) is 10.8 Å². The molecule has 1 rings (SSSR count). The molecule has 94 valence electrons. The number of hydrogen-bond donors (Lipinski definition) is 3. The van der Waals surface area contributed by atoms with Gasteiger partial charge in [0.2, 0.25) is 5.96 Å². The van der Waals surface area contributed by atoms with Crippen molar-refractivity contribution in [2.24, 2.45) is 10.8 Å². The Labute approximate surface area is 96.6 Å². The van der Waals surface area contributed by atoms with Gasteiger partial charge < -0.3 is 14.8 Å². The van der Waals surface area contributed by atoms with E-state index >= 15 is 0 Å². The minimum atomic E-state index is 0.0464. The van der Waals surface area contributed by atoms with E-state index in [0.717, 1.165) is 19.4 Å². The number of aliphatic imine (C=N–C) groups is 1. The van der Waals surface area contributed by atoms with Gasteiger partial charge in [-0.2, -0.15) is 0 Å².